The first kappa shape index (κ1) is 24.6. The maximum absolute atomic E-state index is 13.2. The van der Waals surface area contributed by atoms with Crippen LogP contribution in [0.5, 0.6) is 0 Å². The van der Waals surface area contributed by atoms with Gasteiger partial charge in [0.1, 0.15) is 11.6 Å². The monoisotopic (exact) mass is 476 g/mol. The van der Waals surface area contributed by atoms with E-state index in [0.29, 0.717) is 26.2 Å². The van der Waals surface area contributed by atoms with Crippen molar-refractivity contribution in [3.8, 4) is 0 Å². The van der Waals surface area contributed by atoms with Crippen LogP contribution < -0.4 is 10.2 Å². The van der Waals surface area contributed by atoms with Gasteiger partial charge in [0, 0.05) is 54.7 Å². The van der Waals surface area contributed by atoms with Crippen molar-refractivity contribution in [2.45, 2.75) is 53.2 Å². The third kappa shape index (κ3) is 5.45. The summed E-state index contributed by atoms with van der Waals surface area (Å²) in [5, 5.41) is 4.31. The lowest BCUT2D eigenvalue weighted by Gasteiger charge is -2.37. The van der Waals surface area contributed by atoms with E-state index in [0.717, 1.165) is 33.4 Å². The van der Waals surface area contributed by atoms with Crippen molar-refractivity contribution < 1.29 is 14.3 Å². The zero-order valence-corrected chi connectivity index (χ0v) is 21.6. The molecule has 1 aliphatic heterocycles. The van der Waals surface area contributed by atoms with E-state index in [2.05, 4.69) is 35.3 Å². The number of ether oxygens (including phenoxy) is 1. The van der Waals surface area contributed by atoms with Crippen molar-refractivity contribution in [2.24, 2.45) is 0 Å². The molecule has 1 atom stereocenters. The van der Waals surface area contributed by atoms with Crippen LogP contribution in [0.25, 0.3) is 10.9 Å². The Morgan fingerprint density at radius 2 is 1.66 bits per heavy atom. The Morgan fingerprint density at radius 3 is 2.34 bits per heavy atom. The van der Waals surface area contributed by atoms with Crippen molar-refractivity contribution in [1.29, 1.82) is 0 Å². The van der Waals surface area contributed by atoms with Crippen molar-refractivity contribution >= 4 is 34.3 Å². The minimum absolute atomic E-state index is 0.0549. The molecule has 0 radical (unpaired) electrons. The molecule has 2 heterocycles. The maximum atomic E-state index is 13.2. The van der Waals surface area contributed by atoms with Gasteiger partial charge in [0.05, 0.1) is 0 Å². The van der Waals surface area contributed by atoms with Gasteiger partial charge in [-0.2, -0.15) is 0 Å². The second-order valence-electron chi connectivity index (χ2n) is 10.4. The Balaban J connectivity index is 1.44. The second-order valence-corrected chi connectivity index (χ2v) is 10.4. The predicted octanol–water partition coefficient (Wildman–Crippen LogP) is 5.51. The molecular formula is C28H36N4O3. The van der Waals surface area contributed by atoms with Crippen LogP contribution in [0.3, 0.4) is 0 Å². The average Bonchev–Trinajstić information content (AvgIpc) is 3.15. The number of carbonyl (C=O) groups excluding carboxylic acids is 2. The zero-order chi connectivity index (χ0) is 25.3. The summed E-state index contributed by atoms with van der Waals surface area (Å²) in [5.74, 6) is -0.0549. The van der Waals surface area contributed by atoms with Crippen LogP contribution in [0.4, 0.5) is 16.2 Å². The molecule has 1 N–H and O–H groups in total. The summed E-state index contributed by atoms with van der Waals surface area (Å²) in [6.07, 6.45) is 1.78. The molecule has 4 rings (SSSR count). The fourth-order valence-electron chi connectivity index (χ4n) is 4.48. The summed E-state index contributed by atoms with van der Waals surface area (Å²) in [6, 6.07) is 13.9. The van der Waals surface area contributed by atoms with Gasteiger partial charge in [0.25, 0.3) is 0 Å². The summed E-state index contributed by atoms with van der Waals surface area (Å²) in [7, 11) is 0. The normalized spacial score (nSPS) is 15.3. The van der Waals surface area contributed by atoms with E-state index in [-0.39, 0.29) is 18.0 Å². The number of fused-ring (bicyclic) bond motifs is 1. The summed E-state index contributed by atoms with van der Waals surface area (Å²) in [5.41, 5.74) is 4.56. The van der Waals surface area contributed by atoms with E-state index in [1.54, 1.807) is 4.90 Å². The molecule has 35 heavy (non-hydrogen) atoms. The summed E-state index contributed by atoms with van der Waals surface area (Å²) >= 11 is 0. The molecule has 2 amide bonds. The Kier molecular flexibility index (Phi) is 6.79. The lowest BCUT2D eigenvalue weighted by Crippen LogP contribution is -2.50. The van der Waals surface area contributed by atoms with Crippen LogP contribution in [-0.4, -0.2) is 53.2 Å². The number of piperazine rings is 1. The largest absolute Gasteiger partial charge is 0.444 e. The molecule has 1 unspecified atom stereocenters. The fraction of sp³-hybridized carbons (Fsp3) is 0.429. The van der Waals surface area contributed by atoms with Gasteiger partial charge >= 0.3 is 6.09 Å². The van der Waals surface area contributed by atoms with E-state index in [1.807, 2.05) is 69.6 Å². The number of hydrogen-bond acceptors (Lipinski definition) is 4. The van der Waals surface area contributed by atoms with E-state index < -0.39 is 5.60 Å². The number of rotatable bonds is 4. The number of benzene rings is 2. The number of carbonyl (C=O) groups is 2. The van der Waals surface area contributed by atoms with Crippen LogP contribution in [0, 0.1) is 13.8 Å². The first-order chi connectivity index (χ1) is 16.5. The molecule has 0 saturated carbocycles. The highest BCUT2D eigenvalue weighted by atomic mass is 16.6. The minimum atomic E-state index is -0.499. The van der Waals surface area contributed by atoms with Crippen molar-refractivity contribution in [1.82, 2.24) is 9.47 Å². The van der Waals surface area contributed by atoms with Crippen LogP contribution >= 0.6 is 0 Å². The maximum Gasteiger partial charge on any atom is 0.410 e. The number of anilines is 2. The predicted molar refractivity (Wildman–Crippen MR) is 141 cm³/mol. The molecule has 1 fully saturated rings. The SMILES string of the molecule is Cc1ccc(N2CCN(C(=O)OC(C)(C)C)CC2)cc1NC(=O)C(C)n1cc(C)c2ccccc21. The van der Waals surface area contributed by atoms with Gasteiger partial charge in [-0.25, -0.2) is 4.79 Å². The molecule has 7 nitrogen and oxygen atoms in total. The zero-order valence-electron chi connectivity index (χ0n) is 21.6. The molecule has 7 heteroatoms. The Morgan fingerprint density at radius 1 is 0.971 bits per heavy atom. The van der Waals surface area contributed by atoms with Crippen molar-refractivity contribution in [3.63, 3.8) is 0 Å². The summed E-state index contributed by atoms with van der Waals surface area (Å²) < 4.78 is 7.54. The van der Waals surface area contributed by atoms with E-state index >= 15 is 0 Å². The van der Waals surface area contributed by atoms with E-state index in [1.165, 1.54) is 0 Å². The molecule has 1 aliphatic rings. The van der Waals surface area contributed by atoms with Crippen molar-refractivity contribution in [3.05, 3.63) is 59.8 Å². The molecule has 3 aromatic rings. The number of nitrogens with one attached hydrogen (secondary N) is 1. The molecular weight excluding hydrogens is 440 g/mol. The number of amides is 2. The molecule has 2 aromatic carbocycles. The summed E-state index contributed by atoms with van der Waals surface area (Å²) in [4.78, 5) is 29.6. The topological polar surface area (TPSA) is 66.8 Å². The molecule has 0 spiro atoms. The highest BCUT2D eigenvalue weighted by Gasteiger charge is 2.26. The highest BCUT2D eigenvalue weighted by Crippen LogP contribution is 2.28. The number of hydrogen-bond donors (Lipinski definition) is 1. The van der Waals surface area contributed by atoms with E-state index in [9.17, 15) is 9.59 Å². The number of aryl methyl sites for hydroxylation is 2. The van der Waals surface area contributed by atoms with Gasteiger partial charge in [0.15, 0.2) is 0 Å². The quantitative estimate of drug-likeness (QED) is 0.539. The number of para-hydroxylation sites is 1. The van der Waals surface area contributed by atoms with Gasteiger partial charge in [-0.05, 0) is 70.9 Å². The molecule has 186 valence electrons. The highest BCUT2D eigenvalue weighted by molar-refractivity contribution is 5.96. The van der Waals surface area contributed by atoms with Crippen LogP contribution in [0.1, 0.15) is 44.9 Å². The van der Waals surface area contributed by atoms with Gasteiger partial charge in [-0.3, -0.25) is 4.79 Å². The molecule has 1 aromatic heterocycles. The standard InChI is InChI=1S/C28H36N4O3/c1-19-11-12-22(30-13-15-31(16-14-30)27(34)35-28(4,5)6)17-24(19)29-26(33)21(3)32-18-20(2)23-9-7-8-10-25(23)32/h7-12,17-18,21H,13-16H2,1-6H3,(H,29,33). The molecule has 0 bridgehead atoms. The van der Waals surface area contributed by atoms with Crippen LogP contribution in [-0.2, 0) is 9.53 Å². The minimum Gasteiger partial charge on any atom is -0.444 e. The lowest BCUT2D eigenvalue weighted by molar-refractivity contribution is -0.118. The first-order valence-corrected chi connectivity index (χ1v) is 12.2. The smallest absolute Gasteiger partial charge is 0.410 e. The number of nitrogens with zero attached hydrogens (tertiary/aromatic N) is 3. The second kappa shape index (κ2) is 9.64. The molecule has 1 saturated heterocycles. The first-order valence-electron chi connectivity index (χ1n) is 12.2. The fourth-order valence-corrected chi connectivity index (χ4v) is 4.48. The lowest BCUT2D eigenvalue weighted by atomic mass is 10.1. The third-order valence-corrected chi connectivity index (χ3v) is 6.51. The molecule has 0 aliphatic carbocycles. The van der Waals surface area contributed by atoms with Gasteiger partial charge in [-0.15, -0.1) is 0 Å². The van der Waals surface area contributed by atoms with Crippen LogP contribution in [0.15, 0.2) is 48.7 Å². The number of aromatic nitrogens is 1. The van der Waals surface area contributed by atoms with Gasteiger partial charge in [-0.1, -0.05) is 24.3 Å². The van der Waals surface area contributed by atoms with Gasteiger partial charge < -0.3 is 24.4 Å². The van der Waals surface area contributed by atoms with Crippen LogP contribution in [0.2, 0.25) is 0 Å². The average molecular weight is 477 g/mol. The summed E-state index contributed by atoms with van der Waals surface area (Å²) in [6.45, 7) is 14.2. The van der Waals surface area contributed by atoms with E-state index in [4.69, 9.17) is 4.74 Å². The Hall–Kier alpha value is -3.48. The van der Waals surface area contributed by atoms with Gasteiger partial charge in [0.2, 0.25) is 5.91 Å². The van der Waals surface area contributed by atoms with Crippen molar-refractivity contribution in [2.75, 3.05) is 36.4 Å². The third-order valence-electron chi connectivity index (χ3n) is 6.51. The Bertz CT molecular complexity index is 1230. The Labute approximate surface area is 207 Å².